The number of hydrogen-bond donors (Lipinski definition) is 1. The molecular formula is C30H33BrCl2N2O3. The maximum atomic E-state index is 13.8. The standard InChI is InChI=1S/C30H33BrCl2N2O3/c1-19-13-24(14-20(2)28(19)31)38-18-27(36)35(17-22-11-12-23(32)16-25(22)33)26(29(37)34-30(3,4)5)15-21-9-7-6-8-10-21/h6-14,16,26H,15,17-18H2,1-5H3,(H,34,37)/t26-/m1/s1. The van der Waals surface area contributed by atoms with Crippen LogP contribution in [0.25, 0.3) is 0 Å². The number of carbonyl (C=O) groups is 2. The second-order valence-corrected chi connectivity index (χ2v) is 12.0. The maximum absolute atomic E-state index is 13.8. The van der Waals surface area contributed by atoms with Crippen LogP contribution in [-0.2, 0) is 22.6 Å². The number of amides is 2. The summed E-state index contributed by atoms with van der Waals surface area (Å²) in [5.41, 5.74) is 3.14. The third-order valence-electron chi connectivity index (χ3n) is 5.90. The minimum Gasteiger partial charge on any atom is -0.484 e. The second-order valence-electron chi connectivity index (χ2n) is 10.4. The van der Waals surface area contributed by atoms with Gasteiger partial charge in [0.25, 0.3) is 5.91 Å². The first-order valence-electron chi connectivity index (χ1n) is 12.3. The molecule has 1 N–H and O–H groups in total. The van der Waals surface area contributed by atoms with Crippen LogP contribution in [0.5, 0.6) is 5.75 Å². The number of benzene rings is 3. The Morgan fingerprint density at radius 3 is 2.21 bits per heavy atom. The summed E-state index contributed by atoms with van der Waals surface area (Å²) in [6, 6.07) is 17.7. The van der Waals surface area contributed by atoms with E-state index in [2.05, 4.69) is 21.2 Å². The lowest BCUT2D eigenvalue weighted by molar-refractivity contribution is -0.143. The van der Waals surface area contributed by atoms with Gasteiger partial charge in [0.15, 0.2) is 6.61 Å². The van der Waals surface area contributed by atoms with E-state index in [1.165, 1.54) is 0 Å². The number of hydrogen-bond acceptors (Lipinski definition) is 3. The summed E-state index contributed by atoms with van der Waals surface area (Å²) >= 11 is 16.2. The third-order valence-corrected chi connectivity index (χ3v) is 7.74. The quantitative estimate of drug-likeness (QED) is 0.273. The molecule has 0 bridgehead atoms. The largest absolute Gasteiger partial charge is 0.484 e. The van der Waals surface area contributed by atoms with Gasteiger partial charge in [-0.1, -0.05) is 75.5 Å². The number of rotatable bonds is 9. The maximum Gasteiger partial charge on any atom is 0.261 e. The summed E-state index contributed by atoms with van der Waals surface area (Å²) in [6.07, 6.45) is 0.330. The summed E-state index contributed by atoms with van der Waals surface area (Å²) < 4.78 is 6.93. The lowest BCUT2D eigenvalue weighted by atomic mass is 10.0. The number of nitrogens with zero attached hydrogens (tertiary/aromatic N) is 1. The van der Waals surface area contributed by atoms with E-state index in [1.807, 2.05) is 77.1 Å². The molecule has 0 heterocycles. The van der Waals surface area contributed by atoms with E-state index in [0.29, 0.717) is 27.8 Å². The Hall–Kier alpha value is -2.54. The van der Waals surface area contributed by atoms with Crippen molar-refractivity contribution < 1.29 is 14.3 Å². The molecule has 0 fully saturated rings. The van der Waals surface area contributed by atoms with Crippen LogP contribution >= 0.6 is 39.1 Å². The highest BCUT2D eigenvalue weighted by Crippen LogP contribution is 2.27. The van der Waals surface area contributed by atoms with E-state index in [1.54, 1.807) is 23.1 Å². The van der Waals surface area contributed by atoms with Crippen molar-refractivity contribution in [2.75, 3.05) is 6.61 Å². The van der Waals surface area contributed by atoms with Gasteiger partial charge < -0.3 is 15.0 Å². The Balaban J connectivity index is 1.97. The van der Waals surface area contributed by atoms with Gasteiger partial charge in [0.1, 0.15) is 11.8 Å². The van der Waals surface area contributed by atoms with Crippen molar-refractivity contribution in [1.82, 2.24) is 10.2 Å². The Labute approximate surface area is 243 Å². The minimum absolute atomic E-state index is 0.117. The molecule has 0 aliphatic heterocycles. The normalized spacial score (nSPS) is 12.1. The van der Waals surface area contributed by atoms with Crippen LogP contribution in [0.4, 0.5) is 0 Å². The van der Waals surface area contributed by atoms with Gasteiger partial charge in [0, 0.05) is 33.0 Å². The van der Waals surface area contributed by atoms with E-state index < -0.39 is 11.6 Å². The Morgan fingerprint density at radius 2 is 1.63 bits per heavy atom. The summed E-state index contributed by atoms with van der Waals surface area (Å²) in [5, 5.41) is 3.96. The first-order chi connectivity index (χ1) is 17.8. The molecule has 3 aromatic carbocycles. The average molecular weight is 620 g/mol. The number of ether oxygens (including phenoxy) is 1. The van der Waals surface area contributed by atoms with Crippen LogP contribution in [-0.4, -0.2) is 34.9 Å². The Bertz CT molecular complexity index is 1270. The van der Waals surface area contributed by atoms with Crippen LogP contribution in [0.3, 0.4) is 0 Å². The van der Waals surface area contributed by atoms with Gasteiger partial charge in [-0.3, -0.25) is 9.59 Å². The topological polar surface area (TPSA) is 58.6 Å². The van der Waals surface area contributed by atoms with Crippen molar-refractivity contribution in [3.63, 3.8) is 0 Å². The molecule has 0 unspecified atom stereocenters. The summed E-state index contributed by atoms with van der Waals surface area (Å²) in [6.45, 7) is 9.54. The predicted molar refractivity (Wildman–Crippen MR) is 158 cm³/mol. The summed E-state index contributed by atoms with van der Waals surface area (Å²) in [7, 11) is 0. The zero-order valence-electron chi connectivity index (χ0n) is 22.3. The number of carbonyl (C=O) groups excluding carboxylic acids is 2. The molecule has 0 radical (unpaired) electrons. The first-order valence-corrected chi connectivity index (χ1v) is 13.9. The van der Waals surface area contributed by atoms with E-state index in [0.717, 1.165) is 21.2 Å². The molecule has 0 aromatic heterocycles. The molecule has 2 amide bonds. The molecule has 3 aromatic rings. The fourth-order valence-corrected chi connectivity index (χ4v) is 4.75. The van der Waals surface area contributed by atoms with Gasteiger partial charge in [-0.25, -0.2) is 0 Å². The monoisotopic (exact) mass is 618 g/mol. The van der Waals surface area contributed by atoms with Gasteiger partial charge >= 0.3 is 0 Å². The van der Waals surface area contributed by atoms with Gasteiger partial charge in [0.05, 0.1) is 0 Å². The molecule has 0 saturated carbocycles. The lowest BCUT2D eigenvalue weighted by Crippen LogP contribution is -2.55. The lowest BCUT2D eigenvalue weighted by Gasteiger charge is -2.34. The van der Waals surface area contributed by atoms with E-state index in [-0.39, 0.29) is 25.0 Å². The van der Waals surface area contributed by atoms with Gasteiger partial charge in [-0.15, -0.1) is 0 Å². The first kappa shape index (κ1) is 30.0. The molecule has 3 rings (SSSR count). The van der Waals surface area contributed by atoms with Crippen molar-refractivity contribution in [3.8, 4) is 5.75 Å². The number of nitrogens with one attached hydrogen (secondary N) is 1. The van der Waals surface area contributed by atoms with Crippen LogP contribution in [0.1, 0.15) is 43.0 Å². The van der Waals surface area contributed by atoms with Crippen LogP contribution in [0.2, 0.25) is 10.0 Å². The molecule has 1 atom stereocenters. The summed E-state index contributed by atoms with van der Waals surface area (Å²) in [4.78, 5) is 29.0. The van der Waals surface area contributed by atoms with Crippen molar-refractivity contribution in [1.29, 1.82) is 0 Å². The molecule has 0 aliphatic carbocycles. The number of aryl methyl sites for hydroxylation is 2. The van der Waals surface area contributed by atoms with E-state index in [9.17, 15) is 9.59 Å². The van der Waals surface area contributed by atoms with Crippen LogP contribution in [0.15, 0.2) is 65.1 Å². The Kier molecular flexibility index (Phi) is 10.3. The predicted octanol–water partition coefficient (Wildman–Crippen LogP) is 7.31. The molecule has 202 valence electrons. The molecule has 38 heavy (non-hydrogen) atoms. The fourth-order valence-electron chi connectivity index (χ4n) is 4.06. The van der Waals surface area contributed by atoms with Crippen molar-refractivity contribution >= 4 is 50.9 Å². The van der Waals surface area contributed by atoms with Crippen molar-refractivity contribution in [2.45, 2.75) is 59.2 Å². The van der Waals surface area contributed by atoms with Crippen LogP contribution in [0, 0.1) is 13.8 Å². The summed E-state index contributed by atoms with van der Waals surface area (Å²) in [5.74, 6) is -0.00544. The average Bonchev–Trinajstić information content (AvgIpc) is 2.83. The van der Waals surface area contributed by atoms with Crippen molar-refractivity contribution in [3.05, 3.63) is 97.4 Å². The molecule has 0 spiro atoms. The Morgan fingerprint density at radius 1 is 1.00 bits per heavy atom. The van der Waals surface area contributed by atoms with Crippen molar-refractivity contribution in [2.24, 2.45) is 0 Å². The minimum atomic E-state index is -0.798. The molecular weight excluding hydrogens is 587 g/mol. The highest BCUT2D eigenvalue weighted by molar-refractivity contribution is 9.10. The fraction of sp³-hybridized carbons (Fsp3) is 0.333. The SMILES string of the molecule is Cc1cc(OCC(=O)N(Cc2ccc(Cl)cc2Cl)[C@H](Cc2ccccc2)C(=O)NC(C)(C)C)cc(C)c1Br. The molecule has 0 saturated heterocycles. The number of halogens is 3. The van der Waals surface area contributed by atoms with Crippen LogP contribution < -0.4 is 10.1 Å². The zero-order chi connectivity index (χ0) is 28.0. The van der Waals surface area contributed by atoms with Gasteiger partial charge in [-0.2, -0.15) is 0 Å². The highest BCUT2D eigenvalue weighted by Gasteiger charge is 2.33. The molecule has 0 aliphatic rings. The highest BCUT2D eigenvalue weighted by atomic mass is 79.9. The second kappa shape index (κ2) is 13.0. The van der Waals surface area contributed by atoms with Gasteiger partial charge in [0.2, 0.25) is 5.91 Å². The third kappa shape index (κ3) is 8.48. The molecule has 8 heteroatoms. The smallest absolute Gasteiger partial charge is 0.261 e. The van der Waals surface area contributed by atoms with Gasteiger partial charge in [-0.05, 0) is 81.1 Å². The van der Waals surface area contributed by atoms with E-state index in [4.69, 9.17) is 27.9 Å². The zero-order valence-corrected chi connectivity index (χ0v) is 25.4. The van der Waals surface area contributed by atoms with E-state index >= 15 is 0 Å². The molecule has 5 nitrogen and oxygen atoms in total.